The van der Waals surface area contributed by atoms with Crippen molar-refractivity contribution < 1.29 is 14.3 Å². The second kappa shape index (κ2) is 3.67. The van der Waals surface area contributed by atoms with E-state index in [0.717, 1.165) is 6.92 Å². The van der Waals surface area contributed by atoms with E-state index in [2.05, 4.69) is 10.7 Å². The smallest absolute Gasteiger partial charge is 0.383 e. The van der Waals surface area contributed by atoms with Gasteiger partial charge < -0.3 is 4.74 Å². The van der Waals surface area contributed by atoms with Crippen LogP contribution in [0.15, 0.2) is 0 Å². The van der Waals surface area contributed by atoms with Gasteiger partial charge in [-0.3, -0.25) is 4.79 Å². The highest BCUT2D eigenvalue weighted by molar-refractivity contribution is 5.95. The van der Waals surface area contributed by atoms with Crippen LogP contribution in [0.5, 0.6) is 0 Å². The van der Waals surface area contributed by atoms with Gasteiger partial charge in [0.25, 0.3) is 0 Å². The molecule has 0 heterocycles. The monoisotopic (exact) mass is 126 g/mol. The highest BCUT2D eigenvalue weighted by Crippen LogP contribution is 1.75. The molecule has 0 saturated carbocycles. The summed E-state index contributed by atoms with van der Waals surface area (Å²) in [5, 5.41) is 0. The van der Waals surface area contributed by atoms with E-state index >= 15 is 0 Å². The van der Waals surface area contributed by atoms with Crippen LogP contribution in [0, 0.1) is 11.8 Å². The van der Waals surface area contributed by atoms with Crippen molar-refractivity contribution in [1.29, 1.82) is 0 Å². The van der Waals surface area contributed by atoms with Crippen molar-refractivity contribution in [2.75, 3.05) is 0 Å². The van der Waals surface area contributed by atoms with Crippen molar-refractivity contribution in [3.05, 3.63) is 0 Å². The Morgan fingerprint density at radius 2 is 2.00 bits per heavy atom. The standard InChI is InChI=1S/C6H6O3/c1-3-4-6(8)9-5(2)7/h1-2H3. The van der Waals surface area contributed by atoms with Gasteiger partial charge in [-0.25, -0.2) is 4.79 Å². The third-order valence-electron chi connectivity index (χ3n) is 0.463. The van der Waals surface area contributed by atoms with Gasteiger partial charge in [-0.15, -0.1) is 0 Å². The summed E-state index contributed by atoms with van der Waals surface area (Å²) in [6.07, 6.45) is 0. The summed E-state index contributed by atoms with van der Waals surface area (Å²) in [4.78, 5) is 20.3. The Hall–Kier alpha value is -1.30. The van der Waals surface area contributed by atoms with Crippen molar-refractivity contribution in [3.63, 3.8) is 0 Å². The van der Waals surface area contributed by atoms with E-state index in [1.807, 2.05) is 5.92 Å². The van der Waals surface area contributed by atoms with Crippen LogP contribution >= 0.6 is 0 Å². The van der Waals surface area contributed by atoms with E-state index in [9.17, 15) is 9.59 Å². The van der Waals surface area contributed by atoms with Gasteiger partial charge in [0.05, 0.1) is 0 Å². The summed E-state index contributed by atoms with van der Waals surface area (Å²) in [6, 6.07) is 0. The van der Waals surface area contributed by atoms with Gasteiger partial charge in [0.15, 0.2) is 0 Å². The molecule has 0 atom stereocenters. The van der Waals surface area contributed by atoms with Crippen molar-refractivity contribution >= 4 is 11.9 Å². The maximum Gasteiger partial charge on any atom is 0.391 e. The first kappa shape index (κ1) is 7.70. The molecule has 9 heavy (non-hydrogen) atoms. The summed E-state index contributed by atoms with van der Waals surface area (Å²) in [7, 11) is 0. The molecule has 0 unspecified atom stereocenters. The van der Waals surface area contributed by atoms with Crippen LogP contribution in [0.4, 0.5) is 0 Å². The molecule has 0 fully saturated rings. The number of carbonyl (C=O) groups excluding carboxylic acids is 2. The number of hydrogen-bond acceptors (Lipinski definition) is 3. The third kappa shape index (κ3) is 4.56. The molecule has 0 radical (unpaired) electrons. The van der Waals surface area contributed by atoms with E-state index in [-0.39, 0.29) is 0 Å². The van der Waals surface area contributed by atoms with Gasteiger partial charge >= 0.3 is 11.9 Å². The summed E-state index contributed by atoms with van der Waals surface area (Å²) in [5.41, 5.74) is 0. The molecule has 3 nitrogen and oxygen atoms in total. The highest BCUT2D eigenvalue weighted by atomic mass is 16.6. The summed E-state index contributed by atoms with van der Waals surface area (Å²) in [6.45, 7) is 2.64. The van der Waals surface area contributed by atoms with Crippen LogP contribution in [0.3, 0.4) is 0 Å². The Labute approximate surface area is 53.0 Å². The molecule has 0 aromatic rings. The van der Waals surface area contributed by atoms with Gasteiger partial charge in [0.2, 0.25) is 0 Å². The zero-order valence-corrected chi connectivity index (χ0v) is 5.22. The average molecular weight is 126 g/mol. The van der Waals surface area contributed by atoms with Crippen molar-refractivity contribution in [2.45, 2.75) is 13.8 Å². The van der Waals surface area contributed by atoms with E-state index in [1.165, 1.54) is 6.92 Å². The number of esters is 2. The molecule has 0 spiro atoms. The maximum absolute atomic E-state index is 10.2. The molecule has 0 saturated heterocycles. The third-order valence-corrected chi connectivity index (χ3v) is 0.463. The number of carbonyl (C=O) groups is 2. The Kier molecular flexibility index (Phi) is 3.14. The molecule has 0 aliphatic carbocycles. The fraction of sp³-hybridized carbons (Fsp3) is 0.333. The normalized spacial score (nSPS) is 6.89. The Bertz CT molecular complexity index is 182. The van der Waals surface area contributed by atoms with Crippen molar-refractivity contribution in [2.24, 2.45) is 0 Å². The number of hydrogen-bond donors (Lipinski definition) is 0. The minimum Gasteiger partial charge on any atom is -0.383 e. The van der Waals surface area contributed by atoms with Crippen LogP contribution in [0.25, 0.3) is 0 Å². The predicted molar refractivity (Wildman–Crippen MR) is 30.2 cm³/mol. The van der Waals surface area contributed by atoms with Gasteiger partial charge in [0, 0.05) is 12.8 Å². The second-order valence-electron chi connectivity index (χ2n) is 1.26. The Morgan fingerprint density at radius 3 is 2.33 bits per heavy atom. The molecule has 0 amide bonds. The predicted octanol–water partition coefficient (Wildman–Crippen LogP) is 0.0994. The molecule has 48 valence electrons. The van der Waals surface area contributed by atoms with Crippen molar-refractivity contribution in [1.82, 2.24) is 0 Å². The van der Waals surface area contributed by atoms with Crippen LogP contribution in [-0.4, -0.2) is 11.9 Å². The first-order valence-electron chi connectivity index (χ1n) is 2.32. The fourth-order valence-electron chi connectivity index (χ4n) is 0.258. The topological polar surface area (TPSA) is 43.4 Å². The minimum absolute atomic E-state index is 0.636. The van der Waals surface area contributed by atoms with Crippen LogP contribution < -0.4 is 0 Å². The van der Waals surface area contributed by atoms with Crippen LogP contribution in [0.2, 0.25) is 0 Å². The van der Waals surface area contributed by atoms with E-state index in [0.29, 0.717) is 0 Å². The first-order chi connectivity index (χ1) is 4.16. The van der Waals surface area contributed by atoms with E-state index in [4.69, 9.17) is 0 Å². The largest absolute Gasteiger partial charge is 0.391 e. The number of ether oxygens (including phenoxy) is 1. The summed E-state index contributed by atoms with van der Waals surface area (Å²) < 4.78 is 4.04. The molecule has 0 aromatic heterocycles. The lowest BCUT2D eigenvalue weighted by atomic mass is 10.6. The van der Waals surface area contributed by atoms with Crippen molar-refractivity contribution in [3.8, 4) is 11.8 Å². The van der Waals surface area contributed by atoms with Gasteiger partial charge in [0.1, 0.15) is 0 Å². The molecule has 0 rings (SSSR count). The SMILES string of the molecule is CC#CC(=O)OC(C)=O. The molecule has 0 N–H and O–H groups in total. The lowest BCUT2D eigenvalue weighted by molar-refractivity contribution is -0.153. The molecule has 0 aromatic carbocycles. The lowest BCUT2D eigenvalue weighted by Crippen LogP contribution is -2.05. The Balaban J connectivity index is 3.74. The fourth-order valence-corrected chi connectivity index (χ4v) is 0.258. The van der Waals surface area contributed by atoms with Crippen LogP contribution in [-0.2, 0) is 14.3 Å². The minimum atomic E-state index is -0.801. The van der Waals surface area contributed by atoms with Gasteiger partial charge in [-0.2, -0.15) is 0 Å². The van der Waals surface area contributed by atoms with E-state index in [1.54, 1.807) is 0 Å². The molecule has 3 heteroatoms. The average Bonchev–Trinajstić information content (AvgIpc) is 1.63. The maximum atomic E-state index is 10.2. The van der Waals surface area contributed by atoms with Gasteiger partial charge in [-0.05, 0) is 6.92 Å². The molecule has 0 bridgehead atoms. The van der Waals surface area contributed by atoms with Crippen LogP contribution in [0.1, 0.15) is 13.8 Å². The van der Waals surface area contributed by atoms with E-state index < -0.39 is 11.9 Å². The quantitative estimate of drug-likeness (QED) is 0.200. The second-order valence-corrected chi connectivity index (χ2v) is 1.26. The highest BCUT2D eigenvalue weighted by Gasteiger charge is 1.98. The number of rotatable bonds is 0. The zero-order chi connectivity index (χ0) is 7.28. The van der Waals surface area contributed by atoms with Gasteiger partial charge in [-0.1, -0.05) is 5.92 Å². The summed E-state index contributed by atoms with van der Waals surface area (Å²) >= 11 is 0. The first-order valence-corrected chi connectivity index (χ1v) is 2.32. The summed E-state index contributed by atoms with van der Waals surface area (Å²) in [5.74, 6) is 2.90. The molecule has 0 aliphatic heterocycles. The Morgan fingerprint density at radius 1 is 1.44 bits per heavy atom. The lowest BCUT2D eigenvalue weighted by Gasteiger charge is -1.87. The zero-order valence-electron chi connectivity index (χ0n) is 5.22. The molecular weight excluding hydrogens is 120 g/mol. The molecular formula is C6H6O3. The molecule has 0 aliphatic rings.